The topological polar surface area (TPSA) is 90.0 Å². The summed E-state index contributed by atoms with van der Waals surface area (Å²) in [4.78, 5) is 28.0. The Morgan fingerprint density at radius 1 is 1.21 bits per heavy atom. The van der Waals surface area contributed by atoms with Crippen LogP contribution in [0.5, 0.6) is 0 Å². The van der Waals surface area contributed by atoms with Crippen LogP contribution >= 0.6 is 0 Å². The summed E-state index contributed by atoms with van der Waals surface area (Å²) < 4.78 is 0. The number of hydrogen-bond acceptors (Lipinski definition) is 6. The first-order valence-electron chi connectivity index (χ1n) is 11.8. The molecule has 2 fully saturated rings. The number of nitrogens with zero attached hydrogens (tertiary/aromatic N) is 5. The van der Waals surface area contributed by atoms with Crippen LogP contribution < -0.4 is 10.2 Å². The first-order chi connectivity index (χ1) is 16.1. The fourth-order valence-electron chi connectivity index (χ4n) is 5.13. The fourth-order valence-corrected chi connectivity index (χ4v) is 5.13. The van der Waals surface area contributed by atoms with Crippen molar-refractivity contribution >= 4 is 17.5 Å². The van der Waals surface area contributed by atoms with Gasteiger partial charge in [-0.25, -0.2) is 9.97 Å². The molecule has 1 atom stereocenters. The van der Waals surface area contributed by atoms with Gasteiger partial charge in [0, 0.05) is 55.4 Å². The van der Waals surface area contributed by atoms with Crippen LogP contribution in [-0.2, 0) is 23.3 Å². The molecular formula is C25H29N7O. The molecule has 1 amide bonds. The molecule has 1 spiro atoms. The van der Waals surface area contributed by atoms with Gasteiger partial charge in [-0.2, -0.15) is 5.10 Å². The van der Waals surface area contributed by atoms with E-state index in [4.69, 9.17) is 4.98 Å². The molecular weight excluding hydrogens is 414 g/mol. The van der Waals surface area contributed by atoms with Gasteiger partial charge in [0.25, 0.3) is 0 Å². The zero-order valence-electron chi connectivity index (χ0n) is 18.9. The minimum Gasteiger partial charge on any atom is -0.354 e. The Balaban J connectivity index is 1.36. The van der Waals surface area contributed by atoms with E-state index in [2.05, 4.69) is 44.5 Å². The number of fused-ring (bicyclic) bond motifs is 2. The van der Waals surface area contributed by atoms with Gasteiger partial charge in [-0.1, -0.05) is 17.7 Å². The van der Waals surface area contributed by atoms with Crippen LogP contribution in [0, 0.1) is 12.8 Å². The Bertz CT molecular complexity index is 1160. The molecule has 3 aliphatic rings. The zero-order chi connectivity index (χ0) is 22.4. The van der Waals surface area contributed by atoms with Crippen molar-refractivity contribution in [2.24, 2.45) is 5.92 Å². The molecule has 170 valence electrons. The van der Waals surface area contributed by atoms with Gasteiger partial charge in [0.2, 0.25) is 11.9 Å². The molecule has 2 aliphatic heterocycles. The van der Waals surface area contributed by atoms with Crippen molar-refractivity contribution in [2.45, 2.75) is 44.7 Å². The number of aromatic amines is 1. The van der Waals surface area contributed by atoms with Gasteiger partial charge < -0.3 is 10.2 Å². The number of aromatic nitrogens is 4. The van der Waals surface area contributed by atoms with E-state index in [1.807, 2.05) is 35.6 Å². The third-order valence-electron chi connectivity index (χ3n) is 7.20. The van der Waals surface area contributed by atoms with Crippen LogP contribution in [0.4, 0.5) is 11.6 Å². The number of rotatable bonds is 6. The number of aryl methyl sites for hydroxylation is 1. The van der Waals surface area contributed by atoms with Crippen molar-refractivity contribution in [1.82, 2.24) is 25.1 Å². The number of likely N-dealkylation sites (tertiary alicyclic amines) is 1. The zero-order valence-corrected chi connectivity index (χ0v) is 18.9. The Morgan fingerprint density at radius 2 is 2.06 bits per heavy atom. The largest absolute Gasteiger partial charge is 0.354 e. The average molecular weight is 444 g/mol. The van der Waals surface area contributed by atoms with Crippen molar-refractivity contribution in [2.75, 3.05) is 29.9 Å². The molecule has 2 N–H and O–H groups in total. The van der Waals surface area contributed by atoms with Crippen LogP contribution in [-0.4, -0.2) is 50.6 Å². The Kier molecular flexibility index (Phi) is 4.90. The Hall–Kier alpha value is -3.26. The van der Waals surface area contributed by atoms with Crippen molar-refractivity contribution in [3.8, 4) is 0 Å². The maximum Gasteiger partial charge on any atom is 0.240 e. The summed E-state index contributed by atoms with van der Waals surface area (Å²) in [6, 6.07) is 8.20. The van der Waals surface area contributed by atoms with E-state index in [9.17, 15) is 4.79 Å². The van der Waals surface area contributed by atoms with Crippen molar-refractivity contribution in [3.05, 3.63) is 65.2 Å². The third kappa shape index (κ3) is 3.78. The number of amides is 1. The van der Waals surface area contributed by atoms with Crippen molar-refractivity contribution in [1.29, 1.82) is 0 Å². The molecule has 6 rings (SSSR count). The number of H-pyrrole nitrogens is 1. The van der Waals surface area contributed by atoms with E-state index in [0.29, 0.717) is 19.0 Å². The summed E-state index contributed by atoms with van der Waals surface area (Å²) in [6.45, 7) is 5.72. The number of carbonyl (C=O) groups is 1. The number of anilines is 2. The standard InChI is InChI=1S/C25H29N7O/c1-17-2-6-21(7-3-17)32-15-20-13-27-24(26-10-18-4-5-18)30-22(20)25(23(32)33)8-9-31(16-25)14-19-11-28-29-12-19/h2-3,6-7,11-13,18H,4-5,8-10,14-16H2,1H3,(H,28,29)(H,26,27,30). The van der Waals surface area contributed by atoms with E-state index >= 15 is 0 Å². The predicted molar refractivity (Wildman–Crippen MR) is 126 cm³/mol. The first-order valence-corrected chi connectivity index (χ1v) is 11.8. The summed E-state index contributed by atoms with van der Waals surface area (Å²) >= 11 is 0. The third-order valence-corrected chi connectivity index (χ3v) is 7.20. The predicted octanol–water partition coefficient (Wildman–Crippen LogP) is 3.02. The van der Waals surface area contributed by atoms with Crippen LogP contribution in [0.3, 0.4) is 0 Å². The summed E-state index contributed by atoms with van der Waals surface area (Å²) in [5.41, 5.74) is 4.51. The lowest BCUT2D eigenvalue weighted by atomic mass is 9.77. The number of hydrogen-bond donors (Lipinski definition) is 2. The second kappa shape index (κ2) is 7.95. The van der Waals surface area contributed by atoms with Crippen LogP contribution in [0.2, 0.25) is 0 Å². The van der Waals surface area contributed by atoms with Gasteiger partial charge >= 0.3 is 0 Å². The highest BCUT2D eigenvalue weighted by Gasteiger charge is 2.53. The Labute approximate surface area is 193 Å². The lowest BCUT2D eigenvalue weighted by Gasteiger charge is -2.40. The van der Waals surface area contributed by atoms with Gasteiger partial charge in [0.15, 0.2) is 0 Å². The van der Waals surface area contributed by atoms with E-state index in [1.54, 1.807) is 0 Å². The molecule has 2 aromatic heterocycles. The number of nitrogens with one attached hydrogen (secondary N) is 2. The van der Waals surface area contributed by atoms with Crippen LogP contribution in [0.25, 0.3) is 0 Å². The SMILES string of the molecule is Cc1ccc(N2Cc3cnc(NCC4CC4)nc3C3(CCN(Cc4cn[nH]c4)C3)C2=O)cc1. The van der Waals surface area contributed by atoms with Gasteiger partial charge in [-0.05, 0) is 44.2 Å². The minimum absolute atomic E-state index is 0.139. The van der Waals surface area contributed by atoms with Crippen molar-refractivity contribution in [3.63, 3.8) is 0 Å². The molecule has 8 nitrogen and oxygen atoms in total. The molecule has 4 heterocycles. The maximum atomic E-state index is 14.1. The summed E-state index contributed by atoms with van der Waals surface area (Å²) in [7, 11) is 0. The lowest BCUT2D eigenvalue weighted by Crippen LogP contribution is -2.53. The highest BCUT2D eigenvalue weighted by Crippen LogP contribution is 2.43. The molecule has 3 aromatic rings. The Morgan fingerprint density at radius 3 is 2.82 bits per heavy atom. The van der Waals surface area contributed by atoms with E-state index in [-0.39, 0.29) is 5.91 Å². The highest BCUT2D eigenvalue weighted by molar-refractivity contribution is 6.03. The van der Waals surface area contributed by atoms with Crippen LogP contribution in [0.15, 0.2) is 42.9 Å². The van der Waals surface area contributed by atoms with Gasteiger partial charge in [0.05, 0.1) is 18.4 Å². The smallest absolute Gasteiger partial charge is 0.240 e. The van der Waals surface area contributed by atoms with Gasteiger partial charge in [-0.3, -0.25) is 14.8 Å². The van der Waals surface area contributed by atoms with Gasteiger partial charge in [0.1, 0.15) is 5.41 Å². The molecule has 1 aromatic carbocycles. The molecule has 1 aliphatic carbocycles. The van der Waals surface area contributed by atoms with E-state index in [0.717, 1.165) is 54.5 Å². The number of benzene rings is 1. The van der Waals surface area contributed by atoms with Crippen molar-refractivity contribution < 1.29 is 4.79 Å². The molecule has 1 saturated heterocycles. The normalized spacial score (nSPS) is 22.7. The van der Waals surface area contributed by atoms with E-state index in [1.165, 1.54) is 18.4 Å². The summed E-state index contributed by atoms with van der Waals surface area (Å²) in [5, 5.41) is 10.4. The number of carbonyl (C=O) groups excluding carboxylic acids is 1. The molecule has 0 radical (unpaired) electrons. The second-order valence-electron chi connectivity index (χ2n) is 9.77. The fraction of sp³-hybridized carbons (Fsp3) is 0.440. The maximum absolute atomic E-state index is 14.1. The van der Waals surface area contributed by atoms with E-state index < -0.39 is 5.41 Å². The van der Waals surface area contributed by atoms with Gasteiger partial charge in [-0.15, -0.1) is 0 Å². The minimum atomic E-state index is -0.666. The molecule has 33 heavy (non-hydrogen) atoms. The highest BCUT2D eigenvalue weighted by atomic mass is 16.2. The first kappa shape index (κ1) is 20.4. The lowest BCUT2D eigenvalue weighted by molar-refractivity contribution is -0.124. The van der Waals surface area contributed by atoms with Crippen LogP contribution in [0.1, 0.15) is 41.6 Å². The quantitative estimate of drug-likeness (QED) is 0.609. The monoisotopic (exact) mass is 443 g/mol. The molecule has 8 heteroatoms. The second-order valence-corrected chi connectivity index (χ2v) is 9.77. The molecule has 0 bridgehead atoms. The molecule has 1 unspecified atom stereocenters. The summed E-state index contributed by atoms with van der Waals surface area (Å²) in [6.07, 6.45) is 8.98. The summed E-state index contributed by atoms with van der Waals surface area (Å²) in [5.74, 6) is 1.51. The average Bonchev–Trinajstić information content (AvgIpc) is 3.34. The molecule has 1 saturated carbocycles.